The molecule has 146 valence electrons. The van der Waals surface area contributed by atoms with Crippen molar-refractivity contribution in [2.75, 3.05) is 6.54 Å². The molecule has 7 heteroatoms. The van der Waals surface area contributed by atoms with E-state index in [4.69, 9.17) is 0 Å². The Labute approximate surface area is 167 Å². The lowest BCUT2D eigenvalue weighted by atomic mass is 9.92. The summed E-state index contributed by atoms with van der Waals surface area (Å²) in [5.41, 5.74) is 2.14. The van der Waals surface area contributed by atoms with Crippen molar-refractivity contribution >= 4 is 11.7 Å². The number of nitrogens with one attached hydrogen (secondary N) is 2. The highest BCUT2D eigenvalue weighted by molar-refractivity contribution is 5.92. The summed E-state index contributed by atoms with van der Waals surface area (Å²) in [5.74, 6) is 0.00505. The summed E-state index contributed by atoms with van der Waals surface area (Å²) in [7, 11) is 0. The topological polar surface area (TPSA) is 92.2 Å². The van der Waals surface area contributed by atoms with Crippen LogP contribution in [-0.2, 0) is 12.8 Å². The van der Waals surface area contributed by atoms with E-state index in [0.29, 0.717) is 6.54 Å². The number of amides is 1. The van der Waals surface area contributed by atoms with Gasteiger partial charge in [0.2, 0.25) is 0 Å². The average Bonchev–Trinajstić information content (AvgIpc) is 3.23. The molecular formula is C22H21N5O2. The van der Waals surface area contributed by atoms with Crippen molar-refractivity contribution in [1.82, 2.24) is 24.9 Å². The second-order valence-electron chi connectivity index (χ2n) is 6.96. The van der Waals surface area contributed by atoms with Gasteiger partial charge in [0.05, 0.1) is 0 Å². The smallest absolute Gasteiger partial charge is 0.274 e. The molecule has 4 rings (SSSR count). The van der Waals surface area contributed by atoms with E-state index < -0.39 is 0 Å². The minimum atomic E-state index is -0.376. The molecule has 2 heterocycles. The number of rotatable bonds is 7. The van der Waals surface area contributed by atoms with Crippen LogP contribution in [0.3, 0.4) is 0 Å². The van der Waals surface area contributed by atoms with Crippen molar-refractivity contribution < 1.29 is 4.79 Å². The number of nitrogens with zero attached hydrogens (tertiary/aromatic N) is 3. The first-order chi connectivity index (χ1) is 14.2. The van der Waals surface area contributed by atoms with Crippen molar-refractivity contribution in [2.24, 2.45) is 5.92 Å². The summed E-state index contributed by atoms with van der Waals surface area (Å²) >= 11 is 0. The maximum atomic E-state index is 12.6. The second kappa shape index (κ2) is 8.52. The zero-order chi connectivity index (χ0) is 20.1. The molecule has 0 aliphatic heterocycles. The van der Waals surface area contributed by atoms with Gasteiger partial charge < -0.3 is 5.32 Å². The molecule has 0 radical (unpaired) electrons. The van der Waals surface area contributed by atoms with Crippen molar-refractivity contribution in [1.29, 1.82) is 0 Å². The third-order valence-corrected chi connectivity index (χ3v) is 4.79. The fraction of sp³-hybridized carbons (Fsp3) is 0.182. The first-order valence-electron chi connectivity index (χ1n) is 9.48. The number of fused-ring (bicyclic) bond motifs is 1. The van der Waals surface area contributed by atoms with Crippen LogP contribution >= 0.6 is 0 Å². The number of aromatic nitrogens is 4. The molecule has 0 fully saturated rings. The Bertz CT molecular complexity index is 1110. The fourth-order valence-corrected chi connectivity index (χ4v) is 3.38. The molecule has 2 aromatic carbocycles. The Hall–Kier alpha value is -3.74. The van der Waals surface area contributed by atoms with E-state index in [-0.39, 0.29) is 28.9 Å². The average molecular weight is 387 g/mol. The second-order valence-corrected chi connectivity index (χ2v) is 6.96. The standard InChI is InChI=1S/C22H21N5O2/c28-20-13-19(26-22-24-15-25-27(20)22)21(29)23-14-18(11-16-7-3-1-4-8-16)12-17-9-5-2-6-10-17/h1-10,13,15,18H,11-12,14H2,(H,23,29)(H,24,25,26). The van der Waals surface area contributed by atoms with Crippen LogP contribution in [0.1, 0.15) is 21.6 Å². The van der Waals surface area contributed by atoms with Gasteiger partial charge in [-0.2, -0.15) is 4.52 Å². The Morgan fingerprint density at radius 2 is 1.62 bits per heavy atom. The van der Waals surface area contributed by atoms with E-state index in [2.05, 4.69) is 44.6 Å². The van der Waals surface area contributed by atoms with Crippen LogP contribution in [0, 0.1) is 5.92 Å². The number of H-pyrrole nitrogens is 1. The first-order valence-corrected chi connectivity index (χ1v) is 9.48. The van der Waals surface area contributed by atoms with Gasteiger partial charge in [0.25, 0.3) is 17.2 Å². The van der Waals surface area contributed by atoms with Crippen LogP contribution in [0.4, 0.5) is 0 Å². The molecule has 7 nitrogen and oxygen atoms in total. The molecule has 2 aromatic heterocycles. The molecule has 0 unspecified atom stereocenters. The number of aromatic amines is 1. The number of carbonyl (C=O) groups is 1. The van der Waals surface area contributed by atoms with Gasteiger partial charge in [0.15, 0.2) is 0 Å². The van der Waals surface area contributed by atoms with Crippen LogP contribution in [0.15, 0.2) is 77.9 Å². The maximum Gasteiger partial charge on any atom is 0.274 e. The van der Waals surface area contributed by atoms with Crippen molar-refractivity contribution in [3.05, 3.63) is 100 Å². The van der Waals surface area contributed by atoms with E-state index in [1.807, 2.05) is 36.4 Å². The first kappa shape index (κ1) is 18.6. The fourth-order valence-electron chi connectivity index (χ4n) is 3.38. The molecule has 0 saturated carbocycles. The van der Waals surface area contributed by atoms with Crippen molar-refractivity contribution in [3.63, 3.8) is 0 Å². The Balaban J connectivity index is 1.48. The Kier molecular flexibility index (Phi) is 5.47. The van der Waals surface area contributed by atoms with Gasteiger partial charge in [0, 0.05) is 12.6 Å². The molecule has 4 aromatic rings. The molecule has 2 N–H and O–H groups in total. The third-order valence-electron chi connectivity index (χ3n) is 4.79. The summed E-state index contributed by atoms with van der Waals surface area (Å²) in [6.07, 6.45) is 3.04. The summed E-state index contributed by atoms with van der Waals surface area (Å²) in [6, 6.07) is 21.6. The molecule has 0 saturated heterocycles. The van der Waals surface area contributed by atoms with Crippen molar-refractivity contribution in [2.45, 2.75) is 12.8 Å². The van der Waals surface area contributed by atoms with E-state index in [1.165, 1.54) is 28.0 Å². The molecule has 0 aliphatic carbocycles. The van der Waals surface area contributed by atoms with Crippen LogP contribution in [0.5, 0.6) is 0 Å². The Morgan fingerprint density at radius 1 is 1.00 bits per heavy atom. The van der Waals surface area contributed by atoms with E-state index in [0.717, 1.165) is 12.8 Å². The van der Waals surface area contributed by atoms with Crippen LogP contribution in [-0.4, -0.2) is 32.0 Å². The molecule has 0 atom stereocenters. The van der Waals surface area contributed by atoms with Gasteiger partial charge in [0.1, 0.15) is 12.0 Å². The van der Waals surface area contributed by atoms with Gasteiger partial charge in [-0.1, -0.05) is 60.7 Å². The summed E-state index contributed by atoms with van der Waals surface area (Å²) < 4.78 is 1.18. The van der Waals surface area contributed by atoms with Crippen LogP contribution < -0.4 is 10.9 Å². The largest absolute Gasteiger partial charge is 0.350 e. The lowest BCUT2D eigenvalue weighted by Crippen LogP contribution is -2.33. The highest BCUT2D eigenvalue weighted by Crippen LogP contribution is 2.14. The molecule has 0 spiro atoms. The SMILES string of the molecule is O=C(NCC(Cc1ccccc1)Cc1ccccc1)c1cc(=O)n2[nH]cnc2n1. The predicted octanol–water partition coefficient (Wildman–Crippen LogP) is 2.25. The Morgan fingerprint density at radius 3 is 2.24 bits per heavy atom. The zero-order valence-electron chi connectivity index (χ0n) is 15.8. The van der Waals surface area contributed by atoms with Gasteiger partial charge in [-0.3, -0.25) is 14.7 Å². The quantitative estimate of drug-likeness (QED) is 0.509. The van der Waals surface area contributed by atoms with E-state index in [9.17, 15) is 9.59 Å². The monoisotopic (exact) mass is 387 g/mol. The minimum absolute atomic E-state index is 0.0697. The van der Waals surface area contributed by atoms with Gasteiger partial charge in [-0.25, -0.2) is 9.97 Å². The number of hydrogen-bond acceptors (Lipinski definition) is 4. The summed E-state index contributed by atoms with van der Waals surface area (Å²) in [6.45, 7) is 0.476. The highest BCUT2D eigenvalue weighted by atomic mass is 16.2. The van der Waals surface area contributed by atoms with Gasteiger partial charge in [-0.05, 0) is 29.9 Å². The molecule has 0 bridgehead atoms. The lowest BCUT2D eigenvalue weighted by Gasteiger charge is -2.18. The molecular weight excluding hydrogens is 366 g/mol. The van der Waals surface area contributed by atoms with Gasteiger partial charge >= 0.3 is 0 Å². The normalized spacial score (nSPS) is 11.1. The van der Waals surface area contributed by atoms with Gasteiger partial charge in [-0.15, -0.1) is 0 Å². The highest BCUT2D eigenvalue weighted by Gasteiger charge is 2.16. The minimum Gasteiger partial charge on any atom is -0.350 e. The van der Waals surface area contributed by atoms with E-state index >= 15 is 0 Å². The molecule has 1 amide bonds. The van der Waals surface area contributed by atoms with Crippen molar-refractivity contribution in [3.8, 4) is 0 Å². The third kappa shape index (κ3) is 4.57. The summed E-state index contributed by atoms with van der Waals surface area (Å²) in [5, 5.41) is 5.59. The van der Waals surface area contributed by atoms with E-state index in [1.54, 1.807) is 0 Å². The summed E-state index contributed by atoms with van der Waals surface area (Å²) in [4.78, 5) is 32.8. The lowest BCUT2D eigenvalue weighted by molar-refractivity contribution is 0.0941. The zero-order valence-corrected chi connectivity index (χ0v) is 15.8. The number of hydrogen-bond donors (Lipinski definition) is 2. The maximum absolute atomic E-state index is 12.6. The number of benzene rings is 2. The predicted molar refractivity (Wildman–Crippen MR) is 110 cm³/mol. The van der Waals surface area contributed by atoms with Crippen LogP contribution in [0.25, 0.3) is 5.78 Å². The molecule has 0 aliphatic rings. The van der Waals surface area contributed by atoms with Crippen LogP contribution in [0.2, 0.25) is 0 Å². The molecule has 29 heavy (non-hydrogen) atoms. The number of carbonyl (C=O) groups excluding carboxylic acids is 1.